The number of benzene rings is 2. The van der Waals surface area contributed by atoms with Crippen molar-refractivity contribution < 1.29 is 18.4 Å². The van der Waals surface area contributed by atoms with Crippen LogP contribution >= 0.6 is 0 Å². The summed E-state index contributed by atoms with van der Waals surface area (Å²) in [6, 6.07) is 15.2. The molecule has 1 N–H and O–H groups in total. The maximum absolute atomic E-state index is 13.2. The van der Waals surface area contributed by atoms with Gasteiger partial charge in [-0.1, -0.05) is 17.3 Å². The van der Waals surface area contributed by atoms with Crippen LogP contribution in [0.25, 0.3) is 11.3 Å². The van der Waals surface area contributed by atoms with E-state index < -0.39 is 5.60 Å². The van der Waals surface area contributed by atoms with Gasteiger partial charge in [0.15, 0.2) is 0 Å². The first-order chi connectivity index (χ1) is 16.0. The van der Waals surface area contributed by atoms with Crippen LogP contribution < -0.4 is 4.74 Å². The van der Waals surface area contributed by atoms with Crippen LogP contribution in [-0.2, 0) is 0 Å². The van der Waals surface area contributed by atoms with Gasteiger partial charge < -0.3 is 19.6 Å². The first kappa shape index (κ1) is 21.1. The van der Waals surface area contributed by atoms with Crippen molar-refractivity contribution in [3.05, 3.63) is 71.7 Å². The quantitative estimate of drug-likeness (QED) is 0.610. The van der Waals surface area contributed by atoms with Crippen LogP contribution in [0.2, 0.25) is 0 Å². The van der Waals surface area contributed by atoms with Gasteiger partial charge in [0.1, 0.15) is 22.9 Å². The molecule has 1 saturated heterocycles. The Labute approximate surface area is 190 Å². The summed E-state index contributed by atoms with van der Waals surface area (Å²) in [6.45, 7) is 0.907. The van der Waals surface area contributed by atoms with Crippen LogP contribution in [0, 0.1) is 17.1 Å². The van der Waals surface area contributed by atoms with Crippen molar-refractivity contribution in [2.75, 3.05) is 20.1 Å². The minimum atomic E-state index is -0.623. The van der Waals surface area contributed by atoms with Gasteiger partial charge in [0.2, 0.25) is 5.76 Å². The lowest BCUT2D eigenvalue weighted by Crippen LogP contribution is -2.58. The molecule has 1 fully saturated rings. The lowest BCUT2D eigenvalue weighted by Gasteiger charge is -2.48. The zero-order valence-corrected chi connectivity index (χ0v) is 18.1. The van der Waals surface area contributed by atoms with Gasteiger partial charge in [0.25, 0.3) is 5.91 Å². The topological polar surface area (TPSA) is 91.8 Å². The normalized spacial score (nSPS) is 20.4. The SMILES string of the molecule is CN=C1c2ccccc2OC2(CCN(C(=O)c3cc(-c4ccc(F)cc4)no3)CC2)C1C=N. The van der Waals surface area contributed by atoms with Crippen molar-refractivity contribution in [2.24, 2.45) is 10.9 Å². The Kier molecular flexibility index (Phi) is 5.28. The number of amides is 1. The molecular weight excluding hydrogens is 423 g/mol. The van der Waals surface area contributed by atoms with Gasteiger partial charge >= 0.3 is 0 Å². The Morgan fingerprint density at radius 3 is 2.64 bits per heavy atom. The second kappa shape index (κ2) is 8.27. The number of ether oxygens (including phenoxy) is 1. The summed E-state index contributed by atoms with van der Waals surface area (Å²) in [6.07, 6.45) is 2.53. The number of hydrogen-bond acceptors (Lipinski definition) is 6. The van der Waals surface area contributed by atoms with Gasteiger partial charge in [-0.15, -0.1) is 0 Å². The molecule has 3 heterocycles. The third-order valence-corrected chi connectivity index (χ3v) is 6.50. The first-order valence-corrected chi connectivity index (χ1v) is 10.8. The Hall–Kier alpha value is -3.81. The number of nitrogens with one attached hydrogen (secondary N) is 1. The average Bonchev–Trinajstić information content (AvgIpc) is 3.34. The second-order valence-corrected chi connectivity index (χ2v) is 8.29. The minimum absolute atomic E-state index is 0.139. The monoisotopic (exact) mass is 446 g/mol. The number of para-hydroxylation sites is 1. The van der Waals surface area contributed by atoms with Crippen LogP contribution in [0.3, 0.4) is 0 Å². The van der Waals surface area contributed by atoms with Gasteiger partial charge in [0.05, 0.1) is 11.6 Å². The van der Waals surface area contributed by atoms with Crippen molar-refractivity contribution in [1.29, 1.82) is 5.41 Å². The van der Waals surface area contributed by atoms with E-state index in [2.05, 4.69) is 10.1 Å². The molecule has 8 heteroatoms. The molecule has 1 unspecified atom stereocenters. The molecular formula is C25H23FN4O3. The second-order valence-electron chi connectivity index (χ2n) is 8.29. The molecule has 33 heavy (non-hydrogen) atoms. The Bertz CT molecular complexity index is 1230. The Morgan fingerprint density at radius 1 is 1.21 bits per heavy atom. The first-order valence-electron chi connectivity index (χ1n) is 10.8. The Balaban J connectivity index is 1.34. The maximum atomic E-state index is 13.2. The molecule has 0 bridgehead atoms. The van der Waals surface area contributed by atoms with Crippen LogP contribution in [0.4, 0.5) is 4.39 Å². The highest BCUT2D eigenvalue weighted by Gasteiger charge is 2.49. The maximum Gasteiger partial charge on any atom is 0.292 e. The number of aliphatic imine (C=N–C) groups is 1. The number of fused-ring (bicyclic) bond motifs is 1. The average molecular weight is 446 g/mol. The molecule has 1 atom stereocenters. The van der Waals surface area contributed by atoms with E-state index in [1.54, 1.807) is 30.1 Å². The van der Waals surface area contributed by atoms with E-state index in [-0.39, 0.29) is 23.4 Å². The van der Waals surface area contributed by atoms with Gasteiger partial charge in [0, 0.05) is 56.4 Å². The van der Waals surface area contributed by atoms with E-state index in [0.29, 0.717) is 37.2 Å². The van der Waals surface area contributed by atoms with E-state index >= 15 is 0 Å². The molecule has 2 aliphatic rings. The summed E-state index contributed by atoms with van der Waals surface area (Å²) in [7, 11) is 1.74. The van der Waals surface area contributed by atoms with Gasteiger partial charge in [-0.2, -0.15) is 0 Å². The number of rotatable bonds is 3. The number of carbonyl (C=O) groups is 1. The van der Waals surface area contributed by atoms with E-state index in [4.69, 9.17) is 14.7 Å². The zero-order valence-electron chi connectivity index (χ0n) is 18.1. The largest absolute Gasteiger partial charge is 0.485 e. The summed E-state index contributed by atoms with van der Waals surface area (Å²) >= 11 is 0. The predicted molar refractivity (Wildman–Crippen MR) is 122 cm³/mol. The third kappa shape index (κ3) is 3.61. The van der Waals surface area contributed by atoms with Gasteiger partial charge in [-0.05, 0) is 36.4 Å². The summed E-state index contributed by atoms with van der Waals surface area (Å²) < 4.78 is 24.9. The number of nitrogens with zero attached hydrogens (tertiary/aromatic N) is 3. The number of hydrogen-bond donors (Lipinski definition) is 1. The van der Waals surface area contributed by atoms with Crippen molar-refractivity contribution in [2.45, 2.75) is 18.4 Å². The van der Waals surface area contributed by atoms with E-state index in [0.717, 1.165) is 17.0 Å². The highest BCUT2D eigenvalue weighted by atomic mass is 19.1. The highest BCUT2D eigenvalue weighted by Crippen LogP contribution is 2.42. The summed E-state index contributed by atoms with van der Waals surface area (Å²) in [5.74, 6) is 0.0188. The van der Waals surface area contributed by atoms with E-state index in [9.17, 15) is 9.18 Å². The van der Waals surface area contributed by atoms with Crippen molar-refractivity contribution >= 4 is 17.8 Å². The number of likely N-dealkylation sites (tertiary alicyclic amines) is 1. The predicted octanol–water partition coefficient (Wildman–Crippen LogP) is 4.23. The van der Waals surface area contributed by atoms with Crippen LogP contribution in [0.1, 0.15) is 29.0 Å². The molecule has 0 aliphatic carbocycles. The molecule has 168 valence electrons. The fourth-order valence-corrected chi connectivity index (χ4v) is 4.75. The van der Waals surface area contributed by atoms with Crippen molar-refractivity contribution in [1.82, 2.24) is 10.1 Å². The molecule has 3 aromatic rings. The van der Waals surface area contributed by atoms with E-state index in [1.807, 2.05) is 24.3 Å². The number of carbonyl (C=O) groups excluding carboxylic acids is 1. The molecule has 0 saturated carbocycles. The minimum Gasteiger partial charge on any atom is -0.485 e. The molecule has 0 radical (unpaired) electrons. The lowest BCUT2D eigenvalue weighted by atomic mass is 9.73. The van der Waals surface area contributed by atoms with E-state index in [1.165, 1.54) is 18.3 Å². The van der Waals surface area contributed by atoms with Gasteiger partial charge in [-0.25, -0.2) is 4.39 Å². The summed E-state index contributed by atoms with van der Waals surface area (Å²) in [4.78, 5) is 19.3. The van der Waals surface area contributed by atoms with Crippen molar-refractivity contribution in [3.63, 3.8) is 0 Å². The summed E-state index contributed by atoms with van der Waals surface area (Å²) in [5, 5.41) is 12.1. The molecule has 1 aromatic heterocycles. The molecule has 1 spiro atoms. The molecule has 2 aliphatic heterocycles. The Morgan fingerprint density at radius 2 is 1.94 bits per heavy atom. The number of piperidine rings is 1. The van der Waals surface area contributed by atoms with Crippen LogP contribution in [0.15, 0.2) is 64.1 Å². The summed E-state index contributed by atoms with van der Waals surface area (Å²) in [5.41, 5.74) is 2.28. The molecule has 1 amide bonds. The molecule has 5 rings (SSSR count). The van der Waals surface area contributed by atoms with Crippen molar-refractivity contribution in [3.8, 4) is 17.0 Å². The highest BCUT2D eigenvalue weighted by molar-refractivity contribution is 6.12. The molecule has 2 aromatic carbocycles. The van der Waals surface area contributed by atoms with Crippen LogP contribution in [-0.4, -0.2) is 53.6 Å². The van der Waals surface area contributed by atoms with Gasteiger partial charge in [-0.3, -0.25) is 9.79 Å². The zero-order chi connectivity index (χ0) is 23.0. The fraction of sp³-hybridized carbons (Fsp3) is 0.280. The third-order valence-electron chi connectivity index (χ3n) is 6.50. The standard InChI is InChI=1S/C25H23FN4O3/c1-28-23-18-4-2-3-5-21(18)32-25(19(23)15-27)10-12-30(13-11-25)24(31)22-14-20(29-33-22)16-6-8-17(26)9-7-16/h2-9,14-15,19,27H,10-13H2,1H3. The van der Waals surface area contributed by atoms with Crippen LogP contribution in [0.5, 0.6) is 5.75 Å². The number of halogens is 1. The lowest BCUT2D eigenvalue weighted by molar-refractivity contribution is -0.00954. The molecule has 7 nitrogen and oxygen atoms in total. The fourth-order valence-electron chi connectivity index (χ4n) is 4.75. The number of aromatic nitrogens is 1. The smallest absolute Gasteiger partial charge is 0.292 e.